The monoisotopic (exact) mass is 472 g/mol. The fraction of sp³-hybridized carbons (Fsp3) is 0.273. The van der Waals surface area contributed by atoms with Crippen LogP contribution in [0.3, 0.4) is 0 Å². The second-order valence-electron chi connectivity index (χ2n) is 7.23. The highest BCUT2D eigenvalue weighted by Crippen LogP contribution is 2.56. The molecule has 0 unspecified atom stereocenters. The molecule has 3 amide bonds. The summed E-state index contributed by atoms with van der Waals surface area (Å²) in [5.74, 6) is -0.504. The van der Waals surface area contributed by atoms with Crippen LogP contribution < -0.4 is 15.0 Å². The van der Waals surface area contributed by atoms with Crippen molar-refractivity contribution in [3.63, 3.8) is 0 Å². The fourth-order valence-electron chi connectivity index (χ4n) is 3.88. The largest absolute Gasteiger partial charge is 0.494 e. The van der Waals surface area contributed by atoms with Crippen LogP contribution in [-0.2, 0) is 25.8 Å². The Labute approximate surface area is 194 Å². The molecule has 2 aromatic carbocycles. The molecule has 4 rings (SSSR count). The number of hydrazone groups is 1. The quantitative estimate of drug-likeness (QED) is 0.736. The molecule has 1 spiro atoms. The van der Waals surface area contributed by atoms with Crippen LogP contribution in [0.1, 0.15) is 31.9 Å². The number of fused-ring (bicyclic) bond motifs is 2. The lowest BCUT2D eigenvalue weighted by molar-refractivity contribution is -0.139. The number of ether oxygens (including phenoxy) is 1. The standard InChI is InChI=1S/C22H21ClN4O4S/c1-4-31-18-11-6-5-8-15(18)12-26-19-16(9-7-10-17(19)23)22(20(26)30)27(14(3)29)25-21(32-22)24-13(2)28/h5-11H,4,12H2,1-3H3,(H,24,25,28)/t22-/m1/s1. The predicted octanol–water partition coefficient (Wildman–Crippen LogP) is 3.44. The van der Waals surface area contributed by atoms with E-state index in [1.807, 2.05) is 31.2 Å². The first-order valence-electron chi connectivity index (χ1n) is 9.97. The normalized spacial score (nSPS) is 19.2. The fourth-order valence-corrected chi connectivity index (χ4v) is 5.48. The second kappa shape index (κ2) is 8.48. The van der Waals surface area contributed by atoms with Gasteiger partial charge < -0.3 is 15.0 Å². The molecular formula is C22H21ClN4O4S. The average molecular weight is 473 g/mol. The Bertz CT molecular complexity index is 1150. The van der Waals surface area contributed by atoms with Crippen molar-refractivity contribution in [1.29, 1.82) is 0 Å². The van der Waals surface area contributed by atoms with Crippen LogP contribution in [0.15, 0.2) is 47.6 Å². The first-order valence-corrected chi connectivity index (χ1v) is 11.2. The number of carbonyl (C=O) groups is 3. The van der Waals surface area contributed by atoms with Gasteiger partial charge in [-0.3, -0.25) is 14.4 Å². The minimum Gasteiger partial charge on any atom is -0.494 e. The number of carbonyl (C=O) groups excluding carboxylic acids is 3. The van der Waals surface area contributed by atoms with Crippen LogP contribution in [0.4, 0.5) is 5.69 Å². The van der Waals surface area contributed by atoms with Crippen LogP contribution in [0.5, 0.6) is 5.75 Å². The topological polar surface area (TPSA) is 91.3 Å². The third-order valence-corrected chi connectivity index (χ3v) is 6.62. The summed E-state index contributed by atoms with van der Waals surface area (Å²) >= 11 is 7.58. The van der Waals surface area contributed by atoms with E-state index in [1.54, 1.807) is 23.1 Å². The highest BCUT2D eigenvalue weighted by molar-refractivity contribution is 8.15. The van der Waals surface area contributed by atoms with E-state index in [1.165, 1.54) is 13.8 Å². The molecular weight excluding hydrogens is 452 g/mol. The Morgan fingerprint density at radius 1 is 1.19 bits per heavy atom. The molecule has 0 aliphatic carbocycles. The van der Waals surface area contributed by atoms with Gasteiger partial charge in [0.25, 0.3) is 5.91 Å². The zero-order chi connectivity index (χ0) is 23.0. The summed E-state index contributed by atoms with van der Waals surface area (Å²) in [6.07, 6.45) is 0. The third-order valence-electron chi connectivity index (χ3n) is 5.07. The highest BCUT2D eigenvalue weighted by Gasteiger charge is 2.61. The van der Waals surface area contributed by atoms with Crippen molar-refractivity contribution in [3.05, 3.63) is 58.6 Å². The number of hydrogen-bond donors (Lipinski definition) is 1. The number of thioether (sulfide) groups is 1. The minimum atomic E-state index is -1.50. The maximum atomic E-state index is 14.0. The molecule has 32 heavy (non-hydrogen) atoms. The molecule has 10 heteroatoms. The molecule has 0 saturated carbocycles. The van der Waals surface area contributed by atoms with Crippen molar-refractivity contribution in [2.24, 2.45) is 5.10 Å². The molecule has 8 nitrogen and oxygen atoms in total. The van der Waals surface area contributed by atoms with Crippen molar-refractivity contribution in [2.45, 2.75) is 32.2 Å². The zero-order valence-electron chi connectivity index (χ0n) is 17.7. The number of amidine groups is 1. The van der Waals surface area contributed by atoms with Gasteiger partial charge in [0.15, 0.2) is 5.17 Å². The van der Waals surface area contributed by atoms with Crippen molar-refractivity contribution in [1.82, 2.24) is 10.3 Å². The van der Waals surface area contributed by atoms with Crippen LogP contribution in [0, 0.1) is 0 Å². The van der Waals surface area contributed by atoms with E-state index in [0.717, 1.165) is 22.3 Å². The SMILES string of the molecule is CCOc1ccccc1CN1C(=O)[C@]2(SC(NC(C)=O)=NN2C(C)=O)c2cccc(Cl)c21. The van der Waals surface area contributed by atoms with Gasteiger partial charge in [-0.1, -0.05) is 41.9 Å². The van der Waals surface area contributed by atoms with Gasteiger partial charge in [0.2, 0.25) is 16.7 Å². The second-order valence-corrected chi connectivity index (χ2v) is 8.82. The summed E-state index contributed by atoms with van der Waals surface area (Å²) in [6.45, 7) is 5.22. The average Bonchev–Trinajstić information content (AvgIpc) is 3.22. The number of halogens is 1. The van der Waals surface area contributed by atoms with E-state index in [0.29, 0.717) is 28.6 Å². The van der Waals surface area contributed by atoms with Crippen molar-refractivity contribution < 1.29 is 19.1 Å². The number of rotatable bonds is 4. The Morgan fingerprint density at radius 3 is 2.62 bits per heavy atom. The molecule has 2 aromatic rings. The van der Waals surface area contributed by atoms with Crippen LogP contribution in [0.25, 0.3) is 0 Å². The van der Waals surface area contributed by atoms with Gasteiger partial charge in [0.05, 0.1) is 23.9 Å². The number of hydrogen-bond acceptors (Lipinski definition) is 6. The van der Waals surface area contributed by atoms with E-state index < -0.39 is 10.8 Å². The first kappa shape index (κ1) is 22.2. The lowest BCUT2D eigenvalue weighted by Crippen LogP contribution is -2.48. The molecule has 1 N–H and O–H groups in total. The van der Waals surface area contributed by atoms with Gasteiger partial charge in [0, 0.05) is 25.0 Å². The maximum absolute atomic E-state index is 14.0. The van der Waals surface area contributed by atoms with Gasteiger partial charge in [-0.25, -0.2) is 0 Å². The highest BCUT2D eigenvalue weighted by atomic mass is 35.5. The van der Waals surface area contributed by atoms with Crippen LogP contribution >= 0.6 is 23.4 Å². The Kier molecular flexibility index (Phi) is 5.87. The Balaban J connectivity index is 1.83. The van der Waals surface area contributed by atoms with Crippen molar-refractivity contribution in [2.75, 3.05) is 11.5 Å². The van der Waals surface area contributed by atoms with Gasteiger partial charge in [0.1, 0.15) is 5.75 Å². The van der Waals surface area contributed by atoms with Gasteiger partial charge >= 0.3 is 0 Å². The number of nitrogens with zero attached hydrogens (tertiary/aromatic N) is 3. The number of benzene rings is 2. The number of para-hydroxylation sites is 2. The molecule has 2 heterocycles. The van der Waals surface area contributed by atoms with E-state index >= 15 is 0 Å². The number of amides is 3. The van der Waals surface area contributed by atoms with Crippen molar-refractivity contribution in [3.8, 4) is 5.75 Å². The molecule has 0 fully saturated rings. The van der Waals surface area contributed by atoms with E-state index in [4.69, 9.17) is 16.3 Å². The molecule has 0 radical (unpaired) electrons. The predicted molar refractivity (Wildman–Crippen MR) is 123 cm³/mol. The molecule has 2 aliphatic rings. The molecule has 2 aliphatic heterocycles. The smallest absolute Gasteiger partial charge is 0.271 e. The summed E-state index contributed by atoms with van der Waals surface area (Å²) in [5.41, 5.74) is 1.84. The van der Waals surface area contributed by atoms with Gasteiger partial charge in [-0.2, -0.15) is 5.01 Å². The zero-order valence-corrected chi connectivity index (χ0v) is 19.3. The lowest BCUT2D eigenvalue weighted by atomic mass is 10.1. The van der Waals surface area contributed by atoms with Crippen LogP contribution in [-0.4, -0.2) is 34.5 Å². The molecule has 0 aromatic heterocycles. The lowest BCUT2D eigenvalue weighted by Gasteiger charge is -2.29. The molecule has 1 atom stereocenters. The molecule has 0 saturated heterocycles. The number of nitrogens with one attached hydrogen (secondary N) is 1. The van der Waals surface area contributed by atoms with E-state index in [9.17, 15) is 14.4 Å². The summed E-state index contributed by atoms with van der Waals surface area (Å²) in [5, 5.41) is 8.50. The minimum absolute atomic E-state index is 0.170. The molecule has 166 valence electrons. The summed E-state index contributed by atoms with van der Waals surface area (Å²) in [6, 6.07) is 12.6. The molecule has 0 bridgehead atoms. The summed E-state index contributed by atoms with van der Waals surface area (Å²) < 4.78 is 5.73. The third kappa shape index (κ3) is 3.51. The van der Waals surface area contributed by atoms with E-state index in [2.05, 4.69) is 10.4 Å². The first-order chi connectivity index (χ1) is 15.3. The summed E-state index contributed by atoms with van der Waals surface area (Å²) in [4.78, 5) is 38.2. The summed E-state index contributed by atoms with van der Waals surface area (Å²) in [7, 11) is 0. The Morgan fingerprint density at radius 2 is 1.94 bits per heavy atom. The Hall–Kier alpha value is -3.04. The van der Waals surface area contributed by atoms with Gasteiger partial charge in [-0.05, 0) is 30.8 Å². The van der Waals surface area contributed by atoms with Crippen LogP contribution in [0.2, 0.25) is 5.02 Å². The maximum Gasteiger partial charge on any atom is 0.271 e. The number of anilines is 1. The van der Waals surface area contributed by atoms with E-state index in [-0.39, 0.29) is 23.5 Å². The van der Waals surface area contributed by atoms with Crippen molar-refractivity contribution >= 4 is 51.9 Å². The van der Waals surface area contributed by atoms with Gasteiger partial charge in [-0.15, -0.1) is 5.10 Å².